The van der Waals surface area contributed by atoms with Crippen LogP contribution in [0.15, 0.2) is 254 Å². The van der Waals surface area contributed by atoms with Gasteiger partial charge in [-0.05, 0) is 130 Å². The van der Waals surface area contributed by atoms with Crippen LogP contribution in [-0.4, -0.2) is 23.0 Å². The Morgan fingerprint density at radius 3 is 1.66 bits per heavy atom. The van der Waals surface area contributed by atoms with Gasteiger partial charge in [0.05, 0.1) is 60.8 Å². The van der Waals surface area contributed by atoms with Crippen molar-refractivity contribution in [1.29, 1.82) is 0 Å². The van der Waals surface area contributed by atoms with Gasteiger partial charge in [0, 0.05) is 69.3 Å². The highest BCUT2D eigenvalue weighted by molar-refractivity contribution is 7.02. The molecule has 16 rings (SSSR count). The van der Waals surface area contributed by atoms with Gasteiger partial charge in [0.15, 0.2) is 0 Å². The number of benzene rings is 11. The third kappa shape index (κ3) is 6.70. The van der Waals surface area contributed by atoms with Crippen LogP contribution >= 0.6 is 0 Å². The van der Waals surface area contributed by atoms with E-state index < -0.39 is 217 Å². The van der Waals surface area contributed by atoms with E-state index in [1.807, 2.05) is 22.8 Å². The van der Waals surface area contributed by atoms with Gasteiger partial charge in [0.2, 0.25) is 0 Å². The fraction of sp³-hybridized carbons (Fsp3) is 0.0147. The molecule has 0 fully saturated rings. The second-order valence-corrected chi connectivity index (χ2v) is 18.2. The summed E-state index contributed by atoms with van der Waals surface area (Å²) in [5.74, 6) is -0.0299. The molecule has 5 heterocycles. The third-order valence-electron chi connectivity index (χ3n) is 14.1. The maximum atomic E-state index is 10.00. The van der Waals surface area contributed by atoms with Crippen molar-refractivity contribution in [2.24, 2.45) is 0 Å². The van der Waals surface area contributed by atoms with Crippen molar-refractivity contribution >= 4 is 108 Å². The van der Waals surface area contributed by atoms with Gasteiger partial charge in [-0.25, -0.2) is 4.98 Å². The number of hydrogen-bond acceptors (Lipinski definition) is 6. The van der Waals surface area contributed by atoms with E-state index in [4.69, 9.17) is 33.6 Å². The molecule has 11 aromatic carbocycles. The lowest BCUT2D eigenvalue weighted by molar-refractivity contribution is 0.465. The topological polar surface area (TPSA) is 46.0 Å². The highest BCUT2D eigenvalue weighted by Gasteiger charge is 2.47. The number of nitrogens with zero attached hydrogens (tertiary/aromatic N) is 5. The van der Waals surface area contributed by atoms with Crippen LogP contribution in [0.5, 0.6) is 23.0 Å². The number of imidazole rings is 1. The lowest BCUT2D eigenvalue weighted by Gasteiger charge is -2.41. The first-order valence-corrected chi connectivity index (χ1v) is 24.0. The number of ether oxygens (including phenoxy) is 2. The first-order valence-electron chi connectivity index (χ1n) is 38.0. The van der Waals surface area contributed by atoms with Crippen molar-refractivity contribution in [2.75, 3.05) is 14.7 Å². The molecule has 0 saturated heterocycles. The molecule has 4 aliphatic rings. The minimum absolute atomic E-state index is 0.00761. The molecule has 0 saturated carbocycles. The van der Waals surface area contributed by atoms with Crippen molar-refractivity contribution in [3.8, 4) is 40.1 Å². The van der Waals surface area contributed by atoms with Crippen LogP contribution in [0.2, 0.25) is 0 Å². The molecular formula is C68H45B2N5O2. The fourth-order valence-electron chi connectivity index (χ4n) is 11.1. The quantitative estimate of drug-likeness (QED) is 0.141. The second kappa shape index (κ2) is 17.0. The normalized spacial score (nSPS) is 18.0. The Kier molecular flexibility index (Phi) is 5.34. The highest BCUT2D eigenvalue weighted by atomic mass is 16.5. The van der Waals surface area contributed by atoms with Gasteiger partial charge >= 0.3 is 0 Å². The van der Waals surface area contributed by atoms with E-state index in [2.05, 4.69) is 0 Å². The summed E-state index contributed by atoms with van der Waals surface area (Å²) in [5.41, 5.74) is -1.49. The zero-order chi connectivity index (χ0) is 75.1. The van der Waals surface area contributed by atoms with Crippen LogP contribution in [0.1, 0.15) is 43.9 Å². The zero-order valence-corrected chi connectivity index (χ0v) is 39.8. The van der Waals surface area contributed by atoms with E-state index in [-0.39, 0.29) is 67.7 Å². The molecule has 1 aromatic heterocycles. The largest absolute Gasteiger partial charge is 0.458 e. The van der Waals surface area contributed by atoms with E-state index in [1.165, 1.54) is 31.2 Å². The van der Waals surface area contributed by atoms with Gasteiger partial charge in [0.1, 0.15) is 28.8 Å². The SMILES string of the molecule is [2H]c1c([2H])c([2H])c(N(c2cc3c4c(c2)-n2c(-c5ccccc5)nc5cccc(c52)B4c2cc4c(cc2O3)Oc2cc(N(c3c([2H])c([2H])c([2H])c([2H])c3[2H])c3c([2H])c([2H])c([2H])c(C)c3[2H])cc3c2B4c2c([2H])c([2H])c([2H])c([2H])c2N3c2c([2H])c([2H])c([2H])c([2H])c2[2H])c2c([2H])c([2H])c([2H])c([2H])c2[2H])c([2H])c1[2H]. The summed E-state index contributed by atoms with van der Waals surface area (Å²) in [4.78, 5) is 8.14. The van der Waals surface area contributed by atoms with Gasteiger partial charge in [-0.2, -0.15) is 0 Å². The van der Waals surface area contributed by atoms with E-state index in [9.17, 15) is 19.2 Å². The maximum Gasteiger partial charge on any atom is 0.256 e. The molecule has 0 atom stereocenters. The predicted octanol–water partition coefficient (Wildman–Crippen LogP) is 13.3. The first kappa shape index (κ1) is 24.1. The smallest absolute Gasteiger partial charge is 0.256 e. The average molecular weight is 1010 g/mol. The molecule has 0 bridgehead atoms. The third-order valence-corrected chi connectivity index (χ3v) is 14.1. The van der Waals surface area contributed by atoms with Gasteiger partial charge in [-0.1, -0.05) is 151 Å². The van der Waals surface area contributed by atoms with Crippen LogP contribution in [0.3, 0.4) is 0 Å². The number of fused-ring (bicyclic) bond motifs is 8. The van der Waals surface area contributed by atoms with Crippen LogP contribution < -0.4 is 57.0 Å². The summed E-state index contributed by atoms with van der Waals surface area (Å²) in [6.45, 7) is -1.11. The molecule has 9 heteroatoms. The molecule has 7 nitrogen and oxygen atoms in total. The number of anilines is 9. The van der Waals surface area contributed by atoms with Crippen molar-refractivity contribution in [1.82, 2.24) is 9.55 Å². The Morgan fingerprint density at radius 2 is 1.00 bits per heavy atom. The van der Waals surface area contributed by atoms with E-state index in [0.717, 1.165) is 14.7 Å². The number of para-hydroxylation sites is 6. The second-order valence-electron chi connectivity index (χ2n) is 18.2. The van der Waals surface area contributed by atoms with Crippen molar-refractivity contribution in [3.63, 3.8) is 0 Å². The summed E-state index contributed by atoms with van der Waals surface area (Å²) in [6.07, 6.45) is 0. The summed E-state index contributed by atoms with van der Waals surface area (Å²) in [7, 11) is 0. The van der Waals surface area contributed by atoms with E-state index >= 15 is 0 Å². The molecule has 77 heavy (non-hydrogen) atoms. The lowest BCUT2D eigenvalue weighted by atomic mass is 9.31. The average Bonchev–Trinajstić information content (AvgIpc) is 1.57. The molecule has 4 aliphatic heterocycles. The van der Waals surface area contributed by atoms with Crippen molar-refractivity contribution in [3.05, 3.63) is 260 Å². The Hall–Kier alpha value is -9.98. The van der Waals surface area contributed by atoms with Gasteiger partial charge in [0.25, 0.3) is 13.4 Å². The Bertz CT molecular complexity index is 5780. The zero-order valence-electron chi connectivity index (χ0n) is 67.8. The van der Waals surface area contributed by atoms with Crippen LogP contribution in [0.4, 0.5) is 51.2 Å². The summed E-state index contributed by atoms with van der Waals surface area (Å²) in [6, 6.07) is 0.443. The Balaban J connectivity index is 1.03. The minimum Gasteiger partial charge on any atom is -0.458 e. The fourth-order valence-corrected chi connectivity index (χ4v) is 11.1. The molecule has 360 valence electrons. The van der Waals surface area contributed by atoms with Crippen molar-refractivity contribution in [2.45, 2.75) is 6.92 Å². The molecule has 0 unspecified atom stereocenters. The van der Waals surface area contributed by atoms with Gasteiger partial charge < -0.3 is 24.2 Å². The molecule has 0 spiro atoms. The Labute approximate surface area is 486 Å². The molecule has 0 N–H and O–H groups in total. The predicted molar refractivity (Wildman–Crippen MR) is 318 cm³/mol. The number of hydrogen-bond donors (Lipinski definition) is 0. The number of aromatic nitrogens is 2. The van der Waals surface area contributed by atoms with Gasteiger partial charge in [-0.15, -0.1) is 0 Å². The van der Waals surface area contributed by atoms with Crippen LogP contribution in [0, 0.1) is 6.92 Å². The van der Waals surface area contributed by atoms with Crippen LogP contribution in [0.25, 0.3) is 28.1 Å². The highest BCUT2D eigenvalue weighted by Crippen LogP contribution is 2.48. The molecule has 0 amide bonds. The number of rotatable bonds is 8. The van der Waals surface area contributed by atoms with Crippen molar-refractivity contribution < 1.29 is 47.9 Å². The monoisotopic (exact) mass is 1010 g/mol. The minimum atomic E-state index is -1.45. The summed E-state index contributed by atoms with van der Waals surface area (Å²) >= 11 is 0. The van der Waals surface area contributed by atoms with Crippen LogP contribution in [-0.2, 0) is 0 Å². The van der Waals surface area contributed by atoms with E-state index in [1.54, 1.807) is 42.5 Å². The molecular weight excluding hydrogens is 940 g/mol. The standard InChI is InChI=1S/C68H45B2N5O2/c1-44-21-19-32-50(37-44)73(48-28-13-5-14-29-48)52-38-59-65-63(41-52)76-61-43-62-56(42-55(61)69(65)53-33-17-18-36-58(53)74(59)49-30-15-6-16-31-49)70-54-34-20-35-57-67(54)75(68(71-57)45-22-7-2-8-23-45)60-39-51(40-64(77-62)66(60)70)72(46-24-9-3-10-25-46)47-26-11-4-12-27-47/h2-43H,1H3/i3D,4D,5D,6D,9D,10D,11D,12D,13D,14D,15D,16D,17D,18D,19D,21D,24D,25D,26D,27D,28D,29D,30D,31D,32D,33D,36D,37D. The Morgan fingerprint density at radius 1 is 0.442 bits per heavy atom. The molecule has 0 aliphatic carbocycles. The molecule has 0 radical (unpaired) electrons. The lowest BCUT2D eigenvalue weighted by Crippen LogP contribution is -2.63. The summed E-state index contributed by atoms with van der Waals surface area (Å²) in [5, 5.41) is 0. The van der Waals surface area contributed by atoms with Gasteiger partial charge in [-0.3, -0.25) is 4.57 Å². The maximum absolute atomic E-state index is 10.00. The summed E-state index contributed by atoms with van der Waals surface area (Å²) < 4.78 is 273. The molecule has 12 aromatic rings. The van der Waals surface area contributed by atoms with E-state index in [0.29, 0.717) is 38.8 Å². The first-order chi connectivity index (χ1) is 49.7.